The van der Waals surface area contributed by atoms with Crippen molar-refractivity contribution in [3.05, 3.63) is 114 Å². The molecule has 0 aliphatic carbocycles. The highest BCUT2D eigenvalue weighted by Gasteiger charge is 2.42. The largest absolute Gasteiger partial charge is 0.508 e. The van der Waals surface area contributed by atoms with Gasteiger partial charge in [0.05, 0.1) is 123 Å². The van der Waals surface area contributed by atoms with Crippen molar-refractivity contribution in [1.82, 2.24) is 95.4 Å². The fourth-order valence-electron chi connectivity index (χ4n) is 16.7. The van der Waals surface area contributed by atoms with Gasteiger partial charge in [0.1, 0.15) is 29.7 Å². The molecule has 5 amide bonds. The van der Waals surface area contributed by atoms with Crippen LogP contribution in [0.25, 0.3) is 10.9 Å². The predicted octanol–water partition coefficient (Wildman–Crippen LogP) is 3.23. The number of aromatic nitrogens is 1. The Bertz CT molecular complexity index is 4970. The molecule has 39 nitrogen and oxygen atoms in total. The van der Waals surface area contributed by atoms with Crippen LogP contribution in [0.2, 0.25) is 0 Å². The number of carbonyl (C=O) groups is 18. The summed E-state index contributed by atoms with van der Waals surface area (Å²) in [6.07, 6.45) is 7.59. The molecule has 1 aromatic heterocycles. The van der Waals surface area contributed by atoms with Gasteiger partial charge in [0.15, 0.2) is 57.8 Å². The molecule has 17 atom stereocenters. The number of hydrogen-bond acceptors (Lipinski definition) is 33. The van der Waals surface area contributed by atoms with Crippen molar-refractivity contribution >= 4 is 116 Å². The number of primary amides is 1. The van der Waals surface area contributed by atoms with Crippen LogP contribution in [0.15, 0.2) is 97.2 Å². The summed E-state index contributed by atoms with van der Waals surface area (Å²) in [5, 5.41) is 57.8. The van der Waals surface area contributed by atoms with Gasteiger partial charge in [-0.1, -0.05) is 127 Å². The van der Waals surface area contributed by atoms with E-state index in [0.29, 0.717) is 80.1 Å². The van der Waals surface area contributed by atoms with E-state index in [1.165, 1.54) is 32.9 Å². The summed E-state index contributed by atoms with van der Waals surface area (Å²) in [5.74, 6) is -10.0. The van der Waals surface area contributed by atoms with Gasteiger partial charge in [0.2, 0.25) is 41.1 Å². The van der Waals surface area contributed by atoms with E-state index in [1.807, 2.05) is 58.0 Å². The number of likely N-dealkylation sites (N-methyl/N-ethyl adjacent to an activating group) is 1. The zero-order valence-electron chi connectivity index (χ0n) is 88.7. The number of rotatable bonds is 51. The van der Waals surface area contributed by atoms with Crippen molar-refractivity contribution in [3.63, 3.8) is 0 Å². The molecule has 0 saturated heterocycles. The lowest BCUT2D eigenvalue weighted by Gasteiger charge is -2.33. The third-order valence-electron chi connectivity index (χ3n) is 26.5. The Morgan fingerprint density at radius 1 is 0.527 bits per heavy atom. The Balaban J connectivity index is 1.44. The zero-order valence-corrected chi connectivity index (χ0v) is 88.7. The molecule has 1 aliphatic rings. The second kappa shape index (κ2) is 65.2. The number of benzene rings is 3. The number of allylic oxidation sites excluding steroid dienone is 2. The molecule has 0 bridgehead atoms. The molecule has 1 aliphatic heterocycles. The van der Waals surface area contributed by atoms with E-state index in [9.17, 15) is 86.9 Å². The Hall–Kier alpha value is -10.8. The molecule has 0 spiro atoms. The quantitative estimate of drug-likeness (QED) is 0.0131. The van der Waals surface area contributed by atoms with Gasteiger partial charge in [-0.2, -0.15) is 0 Å². The monoisotopic (exact) mass is 2040 g/mol. The van der Waals surface area contributed by atoms with E-state index in [-0.39, 0.29) is 169 Å². The Morgan fingerprint density at radius 3 is 1.64 bits per heavy atom. The number of carbonyl (C=O) groups excluding carboxylic acids is 18. The fourth-order valence-corrected chi connectivity index (χ4v) is 16.7. The van der Waals surface area contributed by atoms with Crippen LogP contribution in [0.1, 0.15) is 243 Å². The van der Waals surface area contributed by atoms with E-state index in [0.717, 1.165) is 5.39 Å². The molecule has 21 N–H and O–H groups in total. The van der Waals surface area contributed by atoms with Gasteiger partial charge in [-0.05, 0) is 201 Å². The van der Waals surface area contributed by atoms with E-state index >= 15 is 9.59 Å². The molecule has 810 valence electrons. The molecule has 3 aromatic carbocycles. The summed E-state index contributed by atoms with van der Waals surface area (Å²) < 4.78 is 0. The van der Waals surface area contributed by atoms with Gasteiger partial charge in [-0.3, -0.25) is 91.6 Å². The van der Waals surface area contributed by atoms with Crippen LogP contribution in [0.3, 0.4) is 0 Å². The molecule has 0 radical (unpaired) electrons. The maximum absolute atomic E-state index is 15.2. The van der Waals surface area contributed by atoms with Gasteiger partial charge in [0, 0.05) is 88.2 Å². The van der Waals surface area contributed by atoms with Crippen LogP contribution in [-0.2, 0) is 106 Å². The molecule has 0 unspecified atom stereocenters. The van der Waals surface area contributed by atoms with Crippen molar-refractivity contribution in [2.45, 2.75) is 347 Å². The molecule has 39 heteroatoms. The number of phenolic OH excluding ortho intramolecular Hbond substituents is 1. The molecule has 2 heterocycles. The second-order valence-corrected chi connectivity index (χ2v) is 40.5. The molecule has 0 saturated carbocycles. The van der Waals surface area contributed by atoms with Crippen LogP contribution in [0, 0.1) is 11.8 Å². The number of nitrogens with two attached hydrogens (primary N) is 1. The standard InChI is InChI=1S/C107H167N19O20/c1-18-87(129)67(6)109-49-43-88(130)68(7)110-50-44-89(131)69(8)111-51-45-90(132)70(9)112-52-46-91(133)71(10)114-62-96(138)106(14)47-31-24-22-20-19-21-23-25-32-48-107(15,125-124-83(55-75-33-27-26-28-34-75)101(142)102(143)100(74(13)127)120-104(145)85(53-65(2)3)118-99(141)64-126(16)17)97(139)63-115-73(12)94(136)60-117-84(56-76-37-39-78(128)40-38-76)103(144)119-82(57-77-59-116-80-36-30-29-35-79(77)80)93(135)58-92(134)72(11)113-61-95(137)81(41-42-98(108)140)122-123-86(54-66(4)5)105(146)121-106/h20,22,26-30,33-40,59,65-74,81-86,100,109-117,122-125,127-128H,18-19,21,23-25,31-32,41-58,60-64H2,1-17H3,(H2,108,140)(H,118,141)(H,119,144)(H,120,145)(H,121,146)/t67-,68-,69-,70-,71-,72-,73-,74+,81-,82-,83-,84-,85-,86-,100-,106-,107+/m0/s1. The number of aromatic amines is 1. The van der Waals surface area contributed by atoms with E-state index in [2.05, 4.69) is 90.5 Å². The summed E-state index contributed by atoms with van der Waals surface area (Å²) in [7, 11) is 3.36. The van der Waals surface area contributed by atoms with Crippen molar-refractivity contribution in [2.24, 2.45) is 17.6 Å². The van der Waals surface area contributed by atoms with Gasteiger partial charge >= 0.3 is 0 Å². The second-order valence-electron chi connectivity index (χ2n) is 40.5. The minimum Gasteiger partial charge on any atom is -0.508 e. The Kier molecular flexibility index (Phi) is 56.1. The van der Waals surface area contributed by atoms with E-state index in [4.69, 9.17) is 5.73 Å². The predicted molar refractivity (Wildman–Crippen MR) is 559 cm³/mol. The van der Waals surface area contributed by atoms with Gasteiger partial charge in [-0.15, -0.1) is 0 Å². The first-order valence-corrected chi connectivity index (χ1v) is 51.7. The first kappa shape index (κ1) is 126. The number of Topliss-reactive ketones (excluding diaryl/α,β-unsaturated/α-hetero) is 13. The van der Waals surface area contributed by atoms with Crippen LogP contribution in [-0.4, -0.2) is 300 Å². The number of hydrogen-bond donors (Lipinski definition) is 20. The normalized spacial score (nSPS) is 21.8. The van der Waals surface area contributed by atoms with Crippen LogP contribution < -0.4 is 91.2 Å². The number of nitrogens with one attached hydrogen (secondary N) is 17. The maximum Gasteiger partial charge on any atom is 0.243 e. The lowest BCUT2D eigenvalue weighted by molar-refractivity contribution is -0.142. The highest BCUT2D eigenvalue weighted by atomic mass is 16.3. The SMILES string of the molecule is CCC(=O)[C@H](C)NCCC(=O)[C@H](C)NCCC(=O)[C@H](C)NCCC(=O)[C@H](C)NCCC(=O)[C@H](C)NCC(=O)[C@]1(C)CCCC=CCCCCCC[C@@](C)(NN[C@@H](Cc2ccccc2)C(=O)C(=O)[C@@H](NC(=O)[C@H](CC(C)C)NC(=O)CN(C)C)[C@@H](C)O)C(=O)CN[C@@H](C)C(=O)CN[C@@H](Cc2ccc(O)cc2)C(=O)N[C@@H](Cc2c[nH]c3ccccc23)C(=O)CC(=O)[C@H](C)NCC(=O)[C@H](CCC(N)=O)NN[C@@H](CC(C)C)C(=O)N1. The fraction of sp³-hybridized carbons (Fsp3) is 0.626. The number of fused-ring (bicyclic) bond motifs is 1. The molecule has 4 aromatic rings. The number of H-pyrrole nitrogens is 1. The number of para-hydroxylation sites is 1. The minimum atomic E-state index is -1.78. The highest BCUT2D eigenvalue weighted by molar-refractivity contribution is 6.41. The number of ketones is 13. The first-order chi connectivity index (χ1) is 69.0. The number of phenols is 1. The van der Waals surface area contributed by atoms with E-state index < -0.39 is 198 Å². The number of nitrogens with zero attached hydrogens (tertiary/aromatic N) is 1. The minimum absolute atomic E-state index is 0.0295. The van der Waals surface area contributed by atoms with Crippen LogP contribution in [0.5, 0.6) is 5.75 Å². The van der Waals surface area contributed by atoms with Gasteiger partial charge < -0.3 is 84.3 Å². The van der Waals surface area contributed by atoms with Crippen LogP contribution >= 0.6 is 0 Å². The molecule has 0 fully saturated rings. The summed E-state index contributed by atoms with van der Waals surface area (Å²) in [5.41, 5.74) is 17.0. The summed E-state index contributed by atoms with van der Waals surface area (Å²) in [4.78, 5) is 257. The molecular formula is C107H167N19O20. The molecule has 146 heavy (non-hydrogen) atoms. The number of aromatic hydroxyl groups is 1. The topological polar surface area (TPSA) is 585 Å². The summed E-state index contributed by atoms with van der Waals surface area (Å²) in [6.45, 7) is 24.2. The maximum atomic E-state index is 15.2. The average Bonchev–Trinajstić information content (AvgIpc) is 1.70. The smallest absolute Gasteiger partial charge is 0.243 e. The third-order valence-corrected chi connectivity index (χ3v) is 26.5. The Morgan fingerprint density at radius 2 is 1.07 bits per heavy atom. The lowest BCUT2D eigenvalue weighted by atomic mass is 9.88. The first-order valence-electron chi connectivity index (χ1n) is 51.7. The number of amides is 5. The van der Waals surface area contributed by atoms with Crippen molar-refractivity contribution in [2.75, 3.05) is 73.0 Å². The summed E-state index contributed by atoms with van der Waals surface area (Å²) >= 11 is 0. The van der Waals surface area contributed by atoms with Crippen molar-refractivity contribution in [3.8, 4) is 5.75 Å². The Labute approximate surface area is 860 Å². The number of hydrazine groups is 2. The molecule has 5 rings (SSSR count). The summed E-state index contributed by atoms with van der Waals surface area (Å²) in [6, 6.07) is 7.35. The number of aliphatic hydroxyl groups excluding tert-OH is 1. The molecular weight excluding hydrogens is 1870 g/mol. The highest BCUT2D eigenvalue weighted by Crippen LogP contribution is 2.25. The van der Waals surface area contributed by atoms with Gasteiger partial charge in [-0.25, -0.2) is 21.7 Å². The average molecular weight is 2040 g/mol. The van der Waals surface area contributed by atoms with Crippen LogP contribution in [0.4, 0.5) is 0 Å². The van der Waals surface area contributed by atoms with Crippen molar-refractivity contribution < 1.29 is 96.5 Å². The van der Waals surface area contributed by atoms with Gasteiger partial charge in [0.25, 0.3) is 0 Å². The van der Waals surface area contributed by atoms with Crippen molar-refractivity contribution in [1.29, 1.82) is 0 Å². The lowest BCUT2D eigenvalue weighted by Crippen LogP contribution is -2.64. The van der Waals surface area contributed by atoms with E-state index in [1.54, 1.807) is 129 Å². The number of aliphatic hydroxyl groups is 1. The zero-order chi connectivity index (χ0) is 109. The third kappa shape index (κ3) is 45.5.